The summed E-state index contributed by atoms with van der Waals surface area (Å²) in [6.45, 7) is 1.67. The van der Waals surface area contributed by atoms with Crippen LogP contribution in [0.25, 0.3) is 0 Å². The van der Waals surface area contributed by atoms with E-state index in [1.165, 1.54) is 0 Å². The molecule has 168 valence electrons. The molecule has 2 atom stereocenters. The van der Waals surface area contributed by atoms with Gasteiger partial charge in [0.2, 0.25) is 0 Å². The predicted molar refractivity (Wildman–Crippen MR) is 107 cm³/mol. The van der Waals surface area contributed by atoms with Gasteiger partial charge in [0, 0.05) is 29.9 Å². The highest BCUT2D eigenvalue weighted by molar-refractivity contribution is 5.89. The molecule has 8 nitrogen and oxygen atoms in total. The summed E-state index contributed by atoms with van der Waals surface area (Å²) in [5.41, 5.74) is 1.73. The summed E-state index contributed by atoms with van der Waals surface area (Å²) in [5.74, 6) is -1.90. The van der Waals surface area contributed by atoms with Crippen LogP contribution in [0.1, 0.15) is 18.0 Å². The van der Waals surface area contributed by atoms with Crippen LogP contribution < -0.4 is 20.7 Å². The molecule has 0 unspecified atom stereocenters. The summed E-state index contributed by atoms with van der Waals surface area (Å²) in [6, 6.07) is 13.1. The second-order valence-electron chi connectivity index (χ2n) is 6.60. The number of carboxylic acids is 1. The molecular formula is C20H23F3N4O4. The molecule has 31 heavy (non-hydrogen) atoms. The van der Waals surface area contributed by atoms with Crippen molar-refractivity contribution < 1.29 is 32.6 Å². The van der Waals surface area contributed by atoms with E-state index in [-0.39, 0.29) is 18.0 Å². The molecule has 2 aromatic rings. The number of carbonyl (C=O) groups excluding carboxylic acids is 1. The van der Waals surface area contributed by atoms with Gasteiger partial charge in [-0.15, -0.1) is 0 Å². The maximum Gasteiger partial charge on any atom is 0.490 e. The SMILES string of the molecule is COc1ccc([C@@H]2CNCC[C@H]2NC(=O)Nc2ccccc2)nc1.O=C(O)C(F)(F)F. The average Bonchev–Trinajstić information content (AvgIpc) is 2.75. The van der Waals surface area contributed by atoms with Crippen molar-refractivity contribution in [2.75, 3.05) is 25.5 Å². The fourth-order valence-electron chi connectivity index (χ4n) is 2.93. The molecule has 1 aliphatic heterocycles. The first kappa shape index (κ1) is 23.9. The monoisotopic (exact) mass is 440 g/mol. The second kappa shape index (κ2) is 11.2. The van der Waals surface area contributed by atoms with Gasteiger partial charge in [-0.25, -0.2) is 9.59 Å². The van der Waals surface area contributed by atoms with Crippen molar-refractivity contribution in [3.8, 4) is 5.75 Å². The van der Waals surface area contributed by atoms with E-state index in [9.17, 15) is 18.0 Å². The number of halogens is 3. The Morgan fingerprint density at radius 2 is 1.87 bits per heavy atom. The van der Waals surface area contributed by atoms with Crippen molar-refractivity contribution in [2.24, 2.45) is 0 Å². The molecule has 0 saturated carbocycles. The molecular weight excluding hydrogens is 417 g/mol. The molecule has 2 amide bonds. The van der Waals surface area contributed by atoms with Gasteiger partial charge in [0.05, 0.1) is 13.3 Å². The van der Waals surface area contributed by atoms with Crippen molar-refractivity contribution in [3.05, 3.63) is 54.4 Å². The van der Waals surface area contributed by atoms with Gasteiger partial charge in [0.1, 0.15) is 5.75 Å². The number of methoxy groups -OCH3 is 1. The normalized spacial score (nSPS) is 18.2. The molecule has 0 spiro atoms. The Labute approximate surface area is 176 Å². The molecule has 0 radical (unpaired) electrons. The smallest absolute Gasteiger partial charge is 0.490 e. The molecule has 4 N–H and O–H groups in total. The zero-order valence-corrected chi connectivity index (χ0v) is 16.6. The van der Waals surface area contributed by atoms with Crippen LogP contribution in [0.2, 0.25) is 0 Å². The minimum atomic E-state index is -5.08. The Hall–Kier alpha value is -3.34. The number of hydrogen-bond acceptors (Lipinski definition) is 5. The van der Waals surface area contributed by atoms with Gasteiger partial charge in [-0.05, 0) is 37.2 Å². The standard InChI is InChI=1S/C18H22N4O2.C2HF3O2/c1-24-14-7-8-16(20-11-14)15-12-19-10-9-17(15)22-18(23)21-13-5-3-2-4-6-13;3-2(4,5)1(6)7/h2-8,11,15,17,19H,9-10,12H2,1H3,(H2,21,22,23);(H,6,7)/t15-,17+;/m0./s1. The van der Waals surface area contributed by atoms with E-state index in [4.69, 9.17) is 14.6 Å². The second-order valence-corrected chi connectivity index (χ2v) is 6.60. The Morgan fingerprint density at radius 3 is 2.42 bits per heavy atom. The van der Waals surface area contributed by atoms with E-state index in [0.717, 1.165) is 36.6 Å². The number of carbonyl (C=O) groups is 2. The van der Waals surface area contributed by atoms with Crippen molar-refractivity contribution in [2.45, 2.75) is 24.6 Å². The number of nitrogens with one attached hydrogen (secondary N) is 3. The number of rotatable bonds is 4. The third-order valence-electron chi connectivity index (χ3n) is 4.45. The molecule has 0 aliphatic carbocycles. The largest absolute Gasteiger partial charge is 0.495 e. The number of aliphatic carboxylic acids is 1. The number of benzene rings is 1. The van der Waals surface area contributed by atoms with Crippen molar-refractivity contribution in [1.29, 1.82) is 0 Å². The zero-order chi connectivity index (χ0) is 22.9. The van der Waals surface area contributed by atoms with E-state index >= 15 is 0 Å². The number of nitrogens with zero attached hydrogens (tertiary/aromatic N) is 1. The summed E-state index contributed by atoms with van der Waals surface area (Å²) in [4.78, 5) is 25.6. The number of para-hydroxylation sites is 1. The fourth-order valence-corrected chi connectivity index (χ4v) is 2.93. The maximum atomic E-state index is 12.3. The summed E-state index contributed by atoms with van der Waals surface area (Å²) >= 11 is 0. The molecule has 2 heterocycles. The van der Waals surface area contributed by atoms with E-state index < -0.39 is 12.1 Å². The lowest BCUT2D eigenvalue weighted by Gasteiger charge is -2.32. The van der Waals surface area contributed by atoms with Crippen LogP contribution in [-0.2, 0) is 4.79 Å². The quantitative estimate of drug-likeness (QED) is 0.582. The number of pyridine rings is 1. The minimum absolute atomic E-state index is 0.0378. The number of anilines is 1. The molecule has 1 fully saturated rings. The topological polar surface area (TPSA) is 113 Å². The lowest BCUT2D eigenvalue weighted by atomic mass is 9.90. The van der Waals surface area contributed by atoms with Crippen LogP contribution in [0.5, 0.6) is 5.75 Å². The Morgan fingerprint density at radius 1 is 1.19 bits per heavy atom. The molecule has 0 bridgehead atoms. The highest BCUT2D eigenvalue weighted by atomic mass is 19.4. The first-order valence-electron chi connectivity index (χ1n) is 9.34. The van der Waals surface area contributed by atoms with Crippen molar-refractivity contribution in [1.82, 2.24) is 15.6 Å². The number of aromatic nitrogens is 1. The molecule has 11 heteroatoms. The first-order chi connectivity index (χ1) is 14.7. The van der Waals surface area contributed by atoms with E-state index in [1.54, 1.807) is 13.3 Å². The van der Waals surface area contributed by atoms with Gasteiger partial charge in [-0.3, -0.25) is 4.98 Å². The van der Waals surface area contributed by atoms with Crippen molar-refractivity contribution >= 4 is 17.7 Å². The highest BCUT2D eigenvalue weighted by Gasteiger charge is 2.38. The van der Waals surface area contributed by atoms with Crippen molar-refractivity contribution in [3.63, 3.8) is 0 Å². The summed E-state index contributed by atoms with van der Waals surface area (Å²) in [5, 5.41) is 16.4. The van der Waals surface area contributed by atoms with E-state index in [0.29, 0.717) is 0 Å². The van der Waals surface area contributed by atoms with Crippen LogP contribution in [0.4, 0.5) is 23.7 Å². The first-order valence-corrected chi connectivity index (χ1v) is 9.34. The van der Waals surface area contributed by atoms with E-state index in [2.05, 4.69) is 20.9 Å². The number of amides is 2. The van der Waals surface area contributed by atoms with Crippen LogP contribution in [0, 0.1) is 0 Å². The third-order valence-corrected chi connectivity index (χ3v) is 4.45. The number of piperidine rings is 1. The van der Waals surface area contributed by atoms with E-state index in [1.807, 2.05) is 42.5 Å². The van der Waals surface area contributed by atoms with Gasteiger partial charge in [0.25, 0.3) is 0 Å². The zero-order valence-electron chi connectivity index (χ0n) is 16.6. The van der Waals surface area contributed by atoms with Crippen LogP contribution in [0.3, 0.4) is 0 Å². The van der Waals surface area contributed by atoms with Crippen LogP contribution in [0.15, 0.2) is 48.7 Å². The lowest BCUT2D eigenvalue weighted by molar-refractivity contribution is -0.192. The summed E-state index contributed by atoms with van der Waals surface area (Å²) in [6.07, 6.45) is -2.51. The van der Waals surface area contributed by atoms with Gasteiger partial charge >= 0.3 is 18.2 Å². The number of ether oxygens (including phenoxy) is 1. The predicted octanol–water partition coefficient (Wildman–Crippen LogP) is 2.99. The van der Waals surface area contributed by atoms with Gasteiger partial charge in [0.15, 0.2) is 0 Å². The number of urea groups is 1. The third kappa shape index (κ3) is 7.78. The Balaban J connectivity index is 0.000000423. The molecule has 3 rings (SSSR count). The molecule has 1 aliphatic rings. The summed E-state index contributed by atoms with van der Waals surface area (Å²) in [7, 11) is 1.62. The fraction of sp³-hybridized carbons (Fsp3) is 0.350. The molecule has 1 aromatic carbocycles. The minimum Gasteiger partial charge on any atom is -0.495 e. The lowest BCUT2D eigenvalue weighted by Crippen LogP contribution is -2.49. The van der Waals surface area contributed by atoms with Gasteiger partial charge in [-0.2, -0.15) is 13.2 Å². The van der Waals surface area contributed by atoms with Crippen LogP contribution in [-0.4, -0.2) is 54.5 Å². The average molecular weight is 440 g/mol. The molecule has 1 saturated heterocycles. The highest BCUT2D eigenvalue weighted by Crippen LogP contribution is 2.24. The number of alkyl halides is 3. The Bertz CT molecular complexity index is 848. The molecule has 1 aromatic heterocycles. The Kier molecular flexibility index (Phi) is 8.62. The van der Waals surface area contributed by atoms with Gasteiger partial charge in [-0.1, -0.05) is 18.2 Å². The summed E-state index contributed by atoms with van der Waals surface area (Å²) < 4.78 is 36.9. The maximum absolute atomic E-state index is 12.3. The van der Waals surface area contributed by atoms with Gasteiger partial charge < -0.3 is 25.8 Å². The number of hydrogen-bond donors (Lipinski definition) is 4. The van der Waals surface area contributed by atoms with Crippen LogP contribution >= 0.6 is 0 Å². The number of carboxylic acid groups (broad SMARTS) is 1.